The minimum atomic E-state index is -1.22. The van der Waals surface area contributed by atoms with Gasteiger partial charge in [-0.25, -0.2) is 14.7 Å². The second kappa shape index (κ2) is 10.9. The number of amides is 4. The molecule has 1 N–H and O–H groups in total. The molecule has 0 aliphatic carbocycles. The Morgan fingerprint density at radius 1 is 1.00 bits per heavy atom. The maximum atomic E-state index is 13.1. The molecule has 10 nitrogen and oxygen atoms in total. The first-order valence-corrected chi connectivity index (χ1v) is 11.6. The third kappa shape index (κ3) is 5.58. The van der Waals surface area contributed by atoms with Gasteiger partial charge in [0.2, 0.25) is 11.8 Å². The van der Waals surface area contributed by atoms with Crippen LogP contribution in [-0.4, -0.2) is 53.9 Å². The van der Waals surface area contributed by atoms with Crippen LogP contribution in [0.5, 0.6) is 5.75 Å². The van der Waals surface area contributed by atoms with Crippen molar-refractivity contribution in [2.75, 3.05) is 18.1 Å². The molecule has 0 radical (unpaired) electrons. The molecular weight excluding hydrogens is 478 g/mol. The van der Waals surface area contributed by atoms with E-state index < -0.39 is 42.2 Å². The number of hydrogen-bond acceptors (Lipinski definition) is 7. The lowest BCUT2D eigenvalue weighted by Gasteiger charge is -2.26. The number of rotatable bonds is 7. The molecule has 0 saturated carbocycles. The van der Waals surface area contributed by atoms with Crippen molar-refractivity contribution in [1.82, 2.24) is 10.4 Å². The van der Waals surface area contributed by atoms with E-state index in [2.05, 4.69) is 5.43 Å². The first-order chi connectivity index (χ1) is 17.8. The molecule has 1 saturated heterocycles. The van der Waals surface area contributed by atoms with Gasteiger partial charge < -0.3 is 9.47 Å². The topological polar surface area (TPSA) is 122 Å². The molecule has 1 heterocycles. The summed E-state index contributed by atoms with van der Waals surface area (Å²) in [7, 11) is 0. The molecule has 0 spiro atoms. The number of benzene rings is 3. The molecule has 1 unspecified atom stereocenters. The van der Waals surface area contributed by atoms with Crippen LogP contribution in [0.15, 0.2) is 66.7 Å². The van der Waals surface area contributed by atoms with E-state index in [1.807, 2.05) is 30.3 Å². The Hall–Kier alpha value is -4.73. The van der Waals surface area contributed by atoms with Crippen molar-refractivity contribution >= 4 is 46.1 Å². The molecule has 0 aromatic heterocycles. The highest BCUT2D eigenvalue weighted by Gasteiger charge is 2.44. The van der Waals surface area contributed by atoms with Crippen molar-refractivity contribution in [3.05, 3.63) is 72.3 Å². The molecule has 3 aromatic rings. The number of imide groups is 1. The van der Waals surface area contributed by atoms with Gasteiger partial charge in [0.05, 0.1) is 24.3 Å². The zero-order valence-electron chi connectivity index (χ0n) is 20.3. The van der Waals surface area contributed by atoms with E-state index in [0.29, 0.717) is 5.75 Å². The maximum Gasteiger partial charge on any atom is 0.338 e. The SMILES string of the molecule is CCOC(=O)c1ccc(N2C(=O)CC(N(NC(=O)COc3ccc4ccccc4c3)C(C)=O)C2=O)cc1. The molecule has 1 atom stereocenters. The van der Waals surface area contributed by atoms with Gasteiger partial charge in [-0.2, -0.15) is 0 Å². The third-order valence-corrected chi connectivity index (χ3v) is 5.75. The standard InChI is InChI=1S/C27H25N3O7/c1-3-36-27(35)19-8-11-21(12-9-19)29-25(33)15-23(26(29)34)30(17(2)31)28-24(32)16-37-22-13-10-18-6-4-5-7-20(18)14-22/h4-14,23H,3,15-16H2,1-2H3,(H,28,32). The van der Waals surface area contributed by atoms with Crippen LogP contribution >= 0.6 is 0 Å². The summed E-state index contributed by atoms with van der Waals surface area (Å²) in [6.07, 6.45) is -0.316. The van der Waals surface area contributed by atoms with Crippen molar-refractivity contribution < 1.29 is 33.4 Å². The predicted molar refractivity (Wildman–Crippen MR) is 133 cm³/mol. The molecule has 10 heteroatoms. The van der Waals surface area contributed by atoms with Crippen molar-refractivity contribution in [2.24, 2.45) is 0 Å². The number of fused-ring (bicyclic) bond motifs is 1. The number of hydrazine groups is 1. The number of carbonyl (C=O) groups excluding carboxylic acids is 5. The monoisotopic (exact) mass is 503 g/mol. The van der Waals surface area contributed by atoms with E-state index in [4.69, 9.17) is 9.47 Å². The van der Waals surface area contributed by atoms with Crippen LogP contribution in [0.3, 0.4) is 0 Å². The van der Waals surface area contributed by atoms with E-state index in [1.165, 1.54) is 31.2 Å². The quantitative estimate of drug-likeness (QED) is 0.299. The summed E-state index contributed by atoms with van der Waals surface area (Å²) in [5, 5.41) is 2.81. The fraction of sp³-hybridized carbons (Fsp3) is 0.222. The zero-order valence-corrected chi connectivity index (χ0v) is 20.3. The van der Waals surface area contributed by atoms with Gasteiger partial charge in [0.25, 0.3) is 11.8 Å². The summed E-state index contributed by atoms with van der Waals surface area (Å²) < 4.78 is 10.5. The van der Waals surface area contributed by atoms with Crippen LogP contribution in [0.1, 0.15) is 30.6 Å². The number of ether oxygens (including phenoxy) is 2. The molecule has 1 aliphatic heterocycles. The second-order valence-electron chi connectivity index (χ2n) is 8.28. The number of nitrogens with one attached hydrogen (secondary N) is 1. The number of carbonyl (C=O) groups is 5. The highest BCUT2D eigenvalue weighted by atomic mass is 16.5. The molecule has 1 fully saturated rings. The van der Waals surface area contributed by atoms with Gasteiger partial charge in [-0.1, -0.05) is 30.3 Å². The zero-order chi connectivity index (χ0) is 26.5. The Balaban J connectivity index is 1.42. The maximum absolute atomic E-state index is 13.1. The highest BCUT2D eigenvalue weighted by molar-refractivity contribution is 6.23. The fourth-order valence-corrected chi connectivity index (χ4v) is 4.00. The average molecular weight is 504 g/mol. The Kier molecular flexibility index (Phi) is 7.47. The molecule has 190 valence electrons. The molecule has 0 bridgehead atoms. The summed E-state index contributed by atoms with van der Waals surface area (Å²) >= 11 is 0. The number of nitrogens with zero attached hydrogens (tertiary/aromatic N) is 2. The van der Waals surface area contributed by atoms with Gasteiger partial charge in [0.15, 0.2) is 6.61 Å². The second-order valence-corrected chi connectivity index (χ2v) is 8.28. The molecule has 4 rings (SSSR count). The fourth-order valence-electron chi connectivity index (χ4n) is 4.00. The van der Waals surface area contributed by atoms with E-state index >= 15 is 0 Å². The van der Waals surface area contributed by atoms with Crippen LogP contribution in [0.4, 0.5) is 5.69 Å². The Morgan fingerprint density at radius 2 is 1.70 bits per heavy atom. The van der Waals surface area contributed by atoms with Crippen molar-refractivity contribution in [3.8, 4) is 5.75 Å². The summed E-state index contributed by atoms with van der Waals surface area (Å²) in [4.78, 5) is 63.4. The highest BCUT2D eigenvalue weighted by Crippen LogP contribution is 2.26. The molecule has 1 aliphatic rings. The van der Waals surface area contributed by atoms with Gasteiger partial charge in [0.1, 0.15) is 11.8 Å². The van der Waals surface area contributed by atoms with Crippen molar-refractivity contribution in [2.45, 2.75) is 26.3 Å². The average Bonchev–Trinajstić information content (AvgIpc) is 3.19. The van der Waals surface area contributed by atoms with Crippen LogP contribution in [0.25, 0.3) is 10.8 Å². The summed E-state index contributed by atoms with van der Waals surface area (Å²) in [6.45, 7) is 2.67. The predicted octanol–water partition coefficient (Wildman–Crippen LogP) is 2.61. The molecule has 37 heavy (non-hydrogen) atoms. The van der Waals surface area contributed by atoms with Gasteiger partial charge >= 0.3 is 5.97 Å². The number of esters is 1. The van der Waals surface area contributed by atoms with Gasteiger partial charge in [0, 0.05) is 6.92 Å². The van der Waals surface area contributed by atoms with Crippen LogP contribution in [0, 0.1) is 0 Å². The van der Waals surface area contributed by atoms with Gasteiger partial charge in [-0.3, -0.25) is 24.6 Å². The largest absolute Gasteiger partial charge is 0.484 e. The third-order valence-electron chi connectivity index (χ3n) is 5.75. The molecule has 4 amide bonds. The van der Waals surface area contributed by atoms with E-state index in [1.54, 1.807) is 19.1 Å². The summed E-state index contributed by atoms with van der Waals surface area (Å²) in [5.74, 6) is -2.58. The Bertz CT molecular complexity index is 1370. The normalized spacial score (nSPS) is 15.0. The van der Waals surface area contributed by atoms with Crippen LogP contribution in [0.2, 0.25) is 0 Å². The number of hydrogen-bond donors (Lipinski definition) is 1. The Morgan fingerprint density at radius 3 is 2.38 bits per heavy atom. The summed E-state index contributed by atoms with van der Waals surface area (Å²) in [6, 6.07) is 17.6. The smallest absolute Gasteiger partial charge is 0.338 e. The van der Waals surface area contributed by atoms with E-state index in [9.17, 15) is 24.0 Å². The van der Waals surface area contributed by atoms with Gasteiger partial charge in [-0.15, -0.1) is 0 Å². The minimum absolute atomic E-state index is 0.214. The molecular formula is C27H25N3O7. The minimum Gasteiger partial charge on any atom is -0.484 e. The van der Waals surface area contributed by atoms with E-state index in [-0.39, 0.29) is 24.3 Å². The lowest BCUT2D eigenvalue weighted by molar-refractivity contribution is -0.146. The first-order valence-electron chi connectivity index (χ1n) is 11.6. The first kappa shape index (κ1) is 25.4. The Labute approximate surface area is 212 Å². The van der Waals surface area contributed by atoms with E-state index in [0.717, 1.165) is 20.7 Å². The summed E-state index contributed by atoms with van der Waals surface area (Å²) in [5.41, 5.74) is 2.89. The van der Waals surface area contributed by atoms with Crippen LogP contribution in [-0.2, 0) is 23.9 Å². The number of anilines is 1. The van der Waals surface area contributed by atoms with Gasteiger partial charge in [-0.05, 0) is 54.1 Å². The lowest BCUT2D eigenvalue weighted by Crippen LogP contribution is -2.54. The lowest BCUT2D eigenvalue weighted by atomic mass is 10.1. The molecule has 3 aromatic carbocycles. The van der Waals surface area contributed by atoms with Crippen molar-refractivity contribution in [1.29, 1.82) is 0 Å². The van der Waals surface area contributed by atoms with Crippen molar-refractivity contribution in [3.63, 3.8) is 0 Å². The van der Waals surface area contributed by atoms with Crippen LogP contribution < -0.4 is 15.1 Å².